The maximum Gasteiger partial charge on any atom is 0.188 e. The summed E-state index contributed by atoms with van der Waals surface area (Å²) in [4.78, 5) is 16.2. The van der Waals surface area contributed by atoms with Crippen LogP contribution >= 0.6 is 34.5 Å². The number of hydrogen-bond acceptors (Lipinski definition) is 4. The molecule has 0 aliphatic carbocycles. The number of rotatable bonds is 3. The van der Waals surface area contributed by atoms with Crippen LogP contribution in [-0.4, -0.2) is 10.8 Å². The van der Waals surface area contributed by atoms with Crippen LogP contribution in [0, 0.1) is 11.3 Å². The first-order valence-electron chi connectivity index (χ1n) is 4.93. The minimum atomic E-state index is -0.964. The Morgan fingerprint density at radius 3 is 2.72 bits per heavy atom. The van der Waals surface area contributed by atoms with Crippen LogP contribution in [0.25, 0.3) is 0 Å². The average Bonchev–Trinajstić information content (AvgIpc) is 2.70. The Morgan fingerprint density at radius 1 is 1.44 bits per heavy atom. The van der Waals surface area contributed by atoms with E-state index in [2.05, 4.69) is 4.98 Å². The van der Waals surface area contributed by atoms with Crippen LogP contribution in [0.4, 0.5) is 0 Å². The number of aromatic nitrogens is 1. The molecule has 1 atom stereocenters. The quantitative estimate of drug-likeness (QED) is 0.806. The number of nitriles is 1. The molecule has 2 aromatic heterocycles. The molecular weight excluding hydrogens is 291 g/mol. The highest BCUT2D eigenvalue weighted by Crippen LogP contribution is 2.34. The Morgan fingerprint density at radius 2 is 2.22 bits per heavy atom. The van der Waals surface area contributed by atoms with Gasteiger partial charge in [0.2, 0.25) is 0 Å². The summed E-state index contributed by atoms with van der Waals surface area (Å²) in [6, 6.07) is 8.50. The van der Waals surface area contributed by atoms with Gasteiger partial charge >= 0.3 is 0 Å². The molecule has 2 rings (SSSR count). The van der Waals surface area contributed by atoms with E-state index in [9.17, 15) is 4.79 Å². The number of halogens is 2. The largest absolute Gasteiger partial charge is 0.292 e. The average molecular weight is 297 g/mol. The van der Waals surface area contributed by atoms with Crippen molar-refractivity contribution in [1.82, 2.24) is 4.98 Å². The number of Topliss-reactive ketones (excluding diaryl/α,β-unsaturated/α-hetero) is 1. The Balaban J connectivity index is 2.39. The molecule has 0 radical (unpaired) electrons. The molecule has 2 aromatic rings. The van der Waals surface area contributed by atoms with Crippen molar-refractivity contribution >= 4 is 40.3 Å². The van der Waals surface area contributed by atoms with E-state index in [1.807, 2.05) is 6.07 Å². The van der Waals surface area contributed by atoms with E-state index in [0.29, 0.717) is 14.4 Å². The molecule has 0 aromatic carbocycles. The van der Waals surface area contributed by atoms with E-state index in [1.165, 1.54) is 12.3 Å². The van der Waals surface area contributed by atoms with Crippen LogP contribution in [0.15, 0.2) is 30.5 Å². The molecule has 0 saturated carbocycles. The first-order valence-corrected chi connectivity index (χ1v) is 6.50. The third-order valence-corrected chi connectivity index (χ3v) is 3.78. The second kappa shape index (κ2) is 5.49. The van der Waals surface area contributed by atoms with Gasteiger partial charge in [-0.3, -0.25) is 9.78 Å². The van der Waals surface area contributed by atoms with Crippen LogP contribution in [-0.2, 0) is 0 Å². The fourth-order valence-corrected chi connectivity index (χ4v) is 2.94. The summed E-state index contributed by atoms with van der Waals surface area (Å²) in [5.41, 5.74) is 0.673. The van der Waals surface area contributed by atoms with E-state index in [1.54, 1.807) is 18.2 Å². The number of nitrogens with zero attached hydrogens (tertiary/aromatic N) is 2. The Kier molecular flexibility index (Phi) is 3.97. The second-order valence-electron chi connectivity index (χ2n) is 3.42. The van der Waals surface area contributed by atoms with Gasteiger partial charge in [0.25, 0.3) is 0 Å². The van der Waals surface area contributed by atoms with Crippen molar-refractivity contribution < 1.29 is 4.79 Å². The number of ketones is 1. The van der Waals surface area contributed by atoms with Crippen molar-refractivity contribution in [2.24, 2.45) is 0 Å². The number of carbonyl (C=O) groups is 1. The monoisotopic (exact) mass is 296 g/mol. The molecule has 18 heavy (non-hydrogen) atoms. The number of thiophene rings is 1. The van der Waals surface area contributed by atoms with Crippen molar-refractivity contribution in [2.45, 2.75) is 5.92 Å². The van der Waals surface area contributed by atoms with Crippen molar-refractivity contribution in [2.75, 3.05) is 0 Å². The zero-order valence-electron chi connectivity index (χ0n) is 8.93. The van der Waals surface area contributed by atoms with Crippen LogP contribution < -0.4 is 0 Å². The highest BCUT2D eigenvalue weighted by molar-refractivity contribution is 7.20. The van der Waals surface area contributed by atoms with Crippen LogP contribution in [0.5, 0.6) is 0 Å². The van der Waals surface area contributed by atoms with Crippen molar-refractivity contribution in [3.05, 3.63) is 50.4 Å². The molecule has 1 unspecified atom stereocenters. The second-order valence-corrected chi connectivity index (χ2v) is 5.70. The lowest BCUT2D eigenvalue weighted by Crippen LogP contribution is -2.12. The van der Waals surface area contributed by atoms with Gasteiger partial charge in [-0.25, -0.2) is 0 Å². The minimum absolute atomic E-state index is 0.267. The predicted molar refractivity (Wildman–Crippen MR) is 71.3 cm³/mol. The molecular formula is C12H6Cl2N2OS. The van der Waals surface area contributed by atoms with E-state index in [-0.39, 0.29) is 11.3 Å². The molecule has 0 saturated heterocycles. The number of pyridine rings is 1. The van der Waals surface area contributed by atoms with Crippen LogP contribution in [0.1, 0.15) is 22.0 Å². The summed E-state index contributed by atoms with van der Waals surface area (Å²) in [5, 5.41) is 9.13. The van der Waals surface area contributed by atoms with Gasteiger partial charge < -0.3 is 0 Å². The fraction of sp³-hybridized carbons (Fsp3) is 0.0833. The first-order chi connectivity index (χ1) is 8.63. The first kappa shape index (κ1) is 13.0. The molecule has 90 valence electrons. The lowest BCUT2D eigenvalue weighted by Gasteiger charge is -2.06. The molecule has 0 N–H and O–H groups in total. The normalized spacial score (nSPS) is 11.8. The summed E-state index contributed by atoms with van der Waals surface area (Å²) >= 11 is 12.8. The maximum absolute atomic E-state index is 12.2. The SMILES string of the molecule is N#CC(C(=O)c1cc(Cl)sc1Cl)c1ccccn1. The van der Waals surface area contributed by atoms with Gasteiger partial charge in [0.05, 0.1) is 21.7 Å². The zero-order valence-corrected chi connectivity index (χ0v) is 11.3. The highest BCUT2D eigenvalue weighted by atomic mass is 35.5. The fourth-order valence-electron chi connectivity index (χ4n) is 1.47. The van der Waals surface area contributed by atoms with E-state index < -0.39 is 5.92 Å². The molecule has 2 heterocycles. The molecule has 0 spiro atoms. The number of carbonyl (C=O) groups excluding carboxylic acids is 1. The van der Waals surface area contributed by atoms with Gasteiger partial charge in [0, 0.05) is 6.20 Å². The van der Waals surface area contributed by atoms with Crippen molar-refractivity contribution in [3.8, 4) is 6.07 Å². The Hall–Kier alpha value is -1.41. The third-order valence-electron chi connectivity index (χ3n) is 2.30. The lowest BCUT2D eigenvalue weighted by molar-refractivity contribution is 0.0978. The van der Waals surface area contributed by atoms with Crippen molar-refractivity contribution in [3.63, 3.8) is 0 Å². The third kappa shape index (κ3) is 2.54. The smallest absolute Gasteiger partial charge is 0.188 e. The molecule has 0 fully saturated rings. The summed E-state index contributed by atoms with van der Waals surface area (Å²) in [6.07, 6.45) is 1.54. The topological polar surface area (TPSA) is 53.8 Å². The van der Waals surface area contributed by atoms with E-state index >= 15 is 0 Å². The lowest BCUT2D eigenvalue weighted by atomic mass is 9.97. The maximum atomic E-state index is 12.2. The van der Waals surface area contributed by atoms with E-state index in [4.69, 9.17) is 28.5 Å². The molecule has 0 bridgehead atoms. The summed E-state index contributed by atoms with van der Waals surface area (Å²) < 4.78 is 0.710. The van der Waals surface area contributed by atoms with Crippen LogP contribution in [0.2, 0.25) is 8.67 Å². The molecule has 6 heteroatoms. The standard InChI is InChI=1S/C12H6Cl2N2OS/c13-10-5-7(12(14)18-10)11(17)8(6-15)9-3-1-2-4-16-9/h1-5,8H. The summed E-state index contributed by atoms with van der Waals surface area (Å²) in [6.45, 7) is 0. The highest BCUT2D eigenvalue weighted by Gasteiger charge is 2.26. The Bertz CT molecular complexity index is 619. The molecule has 0 aliphatic rings. The van der Waals surface area contributed by atoms with Crippen molar-refractivity contribution in [1.29, 1.82) is 5.26 Å². The number of hydrogen-bond donors (Lipinski definition) is 0. The Labute approximate surface area is 118 Å². The summed E-state index contributed by atoms with van der Waals surface area (Å²) in [5.74, 6) is -1.35. The van der Waals surface area contributed by atoms with Gasteiger partial charge in [-0.1, -0.05) is 29.3 Å². The van der Waals surface area contributed by atoms with Gasteiger partial charge in [-0.15, -0.1) is 11.3 Å². The van der Waals surface area contributed by atoms with Crippen LogP contribution in [0.3, 0.4) is 0 Å². The summed E-state index contributed by atoms with van der Waals surface area (Å²) in [7, 11) is 0. The van der Waals surface area contributed by atoms with Gasteiger partial charge in [-0.05, 0) is 18.2 Å². The zero-order chi connectivity index (χ0) is 13.1. The molecule has 0 amide bonds. The van der Waals surface area contributed by atoms with Gasteiger partial charge in [0.15, 0.2) is 11.7 Å². The predicted octanol–water partition coefficient (Wildman–Crippen LogP) is 3.94. The molecule has 3 nitrogen and oxygen atoms in total. The van der Waals surface area contributed by atoms with Gasteiger partial charge in [0.1, 0.15) is 4.34 Å². The van der Waals surface area contributed by atoms with E-state index in [0.717, 1.165) is 11.3 Å². The minimum Gasteiger partial charge on any atom is -0.292 e. The van der Waals surface area contributed by atoms with Gasteiger partial charge in [-0.2, -0.15) is 5.26 Å². The molecule has 0 aliphatic heterocycles.